The Labute approximate surface area is 127 Å². The average molecular weight is 300 g/mol. The van der Waals surface area contributed by atoms with Crippen molar-refractivity contribution in [3.8, 4) is 0 Å². The van der Waals surface area contributed by atoms with Crippen molar-refractivity contribution >= 4 is 23.1 Å². The van der Waals surface area contributed by atoms with Crippen molar-refractivity contribution in [1.82, 2.24) is 0 Å². The maximum absolute atomic E-state index is 10.8. The van der Waals surface area contributed by atoms with Crippen molar-refractivity contribution in [2.45, 2.75) is 18.7 Å². The van der Waals surface area contributed by atoms with E-state index < -0.39 is 0 Å². The fourth-order valence-corrected chi connectivity index (χ4v) is 3.71. The molecule has 0 radical (unpaired) electrons. The minimum Gasteiger partial charge on any atom is -0.377 e. The Hall–Kier alpha value is -2.01. The van der Waals surface area contributed by atoms with Crippen LogP contribution in [0.2, 0.25) is 0 Å². The molecule has 0 aliphatic carbocycles. The van der Waals surface area contributed by atoms with E-state index in [4.69, 9.17) is 0 Å². The molecule has 1 N–H and O–H groups in total. The minimum atomic E-state index is -0.359. The lowest BCUT2D eigenvalue weighted by atomic mass is 10.0. The van der Waals surface area contributed by atoms with Crippen LogP contribution < -0.4 is 5.32 Å². The fourth-order valence-electron chi connectivity index (χ4n) is 2.61. The summed E-state index contributed by atoms with van der Waals surface area (Å²) in [6.07, 6.45) is 0. The number of aryl methyl sites for hydroxylation is 1. The third-order valence-electron chi connectivity index (χ3n) is 3.72. The lowest BCUT2D eigenvalue weighted by Gasteiger charge is -2.27. The van der Waals surface area contributed by atoms with Crippen molar-refractivity contribution in [1.29, 1.82) is 0 Å². The lowest BCUT2D eigenvalue weighted by Crippen LogP contribution is -2.19. The van der Waals surface area contributed by atoms with Gasteiger partial charge in [0.05, 0.1) is 11.0 Å². The molecule has 0 spiro atoms. The van der Waals surface area contributed by atoms with E-state index in [1.165, 1.54) is 11.1 Å². The number of fused-ring (bicyclic) bond motifs is 1. The molecular formula is C16H16N2O2S. The summed E-state index contributed by atoms with van der Waals surface area (Å²) < 4.78 is 0. The van der Waals surface area contributed by atoms with Crippen LogP contribution in [0.3, 0.4) is 0 Å². The molecule has 1 aliphatic rings. The molecule has 0 fully saturated rings. The fraction of sp³-hybridized carbons (Fsp3) is 0.250. The molecule has 1 aliphatic heterocycles. The first-order valence-electron chi connectivity index (χ1n) is 6.82. The maximum Gasteiger partial charge on any atom is 0.269 e. The molecule has 0 saturated heterocycles. The predicted octanol–water partition coefficient (Wildman–Crippen LogP) is 4.30. The van der Waals surface area contributed by atoms with E-state index in [1.54, 1.807) is 18.2 Å². The number of nitrogens with one attached hydrogen (secondary N) is 1. The molecule has 0 bridgehead atoms. The molecule has 1 heterocycles. The molecule has 3 rings (SSSR count). The first kappa shape index (κ1) is 13.9. The summed E-state index contributed by atoms with van der Waals surface area (Å²) in [6, 6.07) is 13.7. The van der Waals surface area contributed by atoms with Crippen LogP contribution in [0.1, 0.15) is 22.7 Å². The van der Waals surface area contributed by atoms with Gasteiger partial charge in [0.2, 0.25) is 0 Å². The van der Waals surface area contributed by atoms with Crippen molar-refractivity contribution in [3.05, 3.63) is 69.3 Å². The SMILES string of the molecule is Cc1cc([N+](=O)[O-])ccc1NC1CSCc2ccccc21. The molecule has 5 heteroatoms. The Bertz CT molecular complexity index is 688. The summed E-state index contributed by atoms with van der Waals surface area (Å²) in [5, 5.41) is 14.3. The summed E-state index contributed by atoms with van der Waals surface area (Å²) >= 11 is 1.91. The highest BCUT2D eigenvalue weighted by molar-refractivity contribution is 7.98. The van der Waals surface area contributed by atoms with E-state index in [9.17, 15) is 10.1 Å². The van der Waals surface area contributed by atoms with Gasteiger partial charge in [0.15, 0.2) is 0 Å². The molecule has 2 aromatic carbocycles. The number of anilines is 1. The number of hydrogen-bond acceptors (Lipinski definition) is 4. The summed E-state index contributed by atoms with van der Waals surface area (Å²) in [6.45, 7) is 1.90. The predicted molar refractivity (Wildman–Crippen MR) is 86.8 cm³/mol. The number of nitro benzene ring substituents is 1. The Balaban J connectivity index is 1.86. The van der Waals surface area contributed by atoms with Gasteiger partial charge in [0.1, 0.15) is 0 Å². The molecule has 0 aromatic heterocycles. The third-order valence-corrected chi connectivity index (χ3v) is 4.81. The van der Waals surface area contributed by atoms with Gasteiger partial charge in [-0.25, -0.2) is 0 Å². The number of benzene rings is 2. The summed E-state index contributed by atoms with van der Waals surface area (Å²) in [7, 11) is 0. The molecule has 1 atom stereocenters. The molecule has 2 aromatic rings. The number of thioether (sulfide) groups is 1. The smallest absolute Gasteiger partial charge is 0.269 e. The van der Waals surface area contributed by atoms with E-state index >= 15 is 0 Å². The van der Waals surface area contributed by atoms with Crippen LogP contribution in [0.5, 0.6) is 0 Å². The highest BCUT2D eigenvalue weighted by atomic mass is 32.2. The molecule has 0 saturated carbocycles. The van der Waals surface area contributed by atoms with Gasteiger partial charge in [-0.2, -0.15) is 11.8 Å². The molecule has 21 heavy (non-hydrogen) atoms. The van der Waals surface area contributed by atoms with Gasteiger partial charge >= 0.3 is 0 Å². The van der Waals surface area contributed by atoms with Crippen molar-refractivity contribution in [2.24, 2.45) is 0 Å². The van der Waals surface area contributed by atoms with Crippen LogP contribution in [0, 0.1) is 17.0 Å². The summed E-state index contributed by atoms with van der Waals surface area (Å²) in [4.78, 5) is 10.4. The van der Waals surface area contributed by atoms with Gasteiger partial charge in [0, 0.05) is 29.3 Å². The molecule has 0 amide bonds. The lowest BCUT2D eigenvalue weighted by molar-refractivity contribution is -0.384. The highest BCUT2D eigenvalue weighted by Crippen LogP contribution is 2.34. The van der Waals surface area contributed by atoms with Gasteiger partial charge in [-0.3, -0.25) is 10.1 Å². The standard InChI is InChI=1S/C16H16N2O2S/c1-11-8-13(18(19)20)6-7-15(11)17-16-10-21-9-12-4-2-3-5-14(12)16/h2-8,16-17H,9-10H2,1H3. The van der Waals surface area contributed by atoms with Crippen molar-refractivity contribution in [2.75, 3.05) is 11.1 Å². The monoisotopic (exact) mass is 300 g/mol. The normalized spacial score (nSPS) is 17.1. The number of nitrogens with zero attached hydrogens (tertiary/aromatic N) is 1. The summed E-state index contributed by atoms with van der Waals surface area (Å²) in [5.74, 6) is 2.06. The van der Waals surface area contributed by atoms with Crippen LogP contribution in [-0.2, 0) is 5.75 Å². The summed E-state index contributed by atoms with van der Waals surface area (Å²) in [5.41, 5.74) is 4.69. The Morgan fingerprint density at radius 3 is 2.86 bits per heavy atom. The number of rotatable bonds is 3. The largest absolute Gasteiger partial charge is 0.377 e. The van der Waals surface area contributed by atoms with Crippen LogP contribution in [0.15, 0.2) is 42.5 Å². The van der Waals surface area contributed by atoms with E-state index in [0.717, 1.165) is 22.8 Å². The number of non-ortho nitro benzene ring substituents is 1. The molecule has 4 nitrogen and oxygen atoms in total. The van der Waals surface area contributed by atoms with Crippen LogP contribution in [-0.4, -0.2) is 10.7 Å². The first-order chi connectivity index (χ1) is 10.1. The Kier molecular flexibility index (Phi) is 3.84. The molecule has 108 valence electrons. The minimum absolute atomic E-state index is 0.136. The zero-order valence-corrected chi connectivity index (χ0v) is 12.5. The van der Waals surface area contributed by atoms with E-state index in [0.29, 0.717) is 0 Å². The molecule has 1 unspecified atom stereocenters. The number of nitro groups is 1. The van der Waals surface area contributed by atoms with Gasteiger partial charge in [0.25, 0.3) is 5.69 Å². The average Bonchev–Trinajstić information content (AvgIpc) is 2.49. The van der Waals surface area contributed by atoms with Gasteiger partial charge in [-0.15, -0.1) is 0 Å². The first-order valence-corrected chi connectivity index (χ1v) is 7.98. The second-order valence-electron chi connectivity index (χ2n) is 5.17. The second-order valence-corrected chi connectivity index (χ2v) is 6.20. The Morgan fingerprint density at radius 2 is 2.10 bits per heavy atom. The Morgan fingerprint density at radius 1 is 1.29 bits per heavy atom. The van der Waals surface area contributed by atoms with Gasteiger partial charge in [-0.05, 0) is 29.7 Å². The van der Waals surface area contributed by atoms with E-state index in [2.05, 4.69) is 29.6 Å². The zero-order valence-electron chi connectivity index (χ0n) is 11.7. The highest BCUT2D eigenvalue weighted by Gasteiger charge is 2.20. The van der Waals surface area contributed by atoms with Crippen molar-refractivity contribution in [3.63, 3.8) is 0 Å². The molecular weight excluding hydrogens is 284 g/mol. The third kappa shape index (κ3) is 2.88. The van der Waals surface area contributed by atoms with E-state index in [-0.39, 0.29) is 16.7 Å². The van der Waals surface area contributed by atoms with E-state index in [1.807, 2.05) is 18.7 Å². The zero-order chi connectivity index (χ0) is 14.8. The van der Waals surface area contributed by atoms with Crippen molar-refractivity contribution < 1.29 is 4.92 Å². The second kappa shape index (κ2) is 5.77. The van der Waals surface area contributed by atoms with Gasteiger partial charge in [-0.1, -0.05) is 24.3 Å². The maximum atomic E-state index is 10.8. The van der Waals surface area contributed by atoms with Crippen LogP contribution in [0.4, 0.5) is 11.4 Å². The topological polar surface area (TPSA) is 55.2 Å². The van der Waals surface area contributed by atoms with Crippen LogP contribution >= 0.6 is 11.8 Å². The number of hydrogen-bond donors (Lipinski definition) is 1. The van der Waals surface area contributed by atoms with Gasteiger partial charge < -0.3 is 5.32 Å². The van der Waals surface area contributed by atoms with Crippen LogP contribution in [0.25, 0.3) is 0 Å². The quantitative estimate of drug-likeness (QED) is 0.678.